The fourth-order valence-corrected chi connectivity index (χ4v) is 3.11. The molecule has 1 aromatic rings. The molecule has 1 unspecified atom stereocenters. The molecule has 1 saturated carbocycles. The highest BCUT2D eigenvalue weighted by atomic mass is 16.5. The maximum absolute atomic E-state index is 5.51. The Balaban J connectivity index is 1.46. The highest BCUT2D eigenvalue weighted by molar-refractivity contribution is 5.30. The second-order valence-electron chi connectivity index (χ2n) is 5.72. The van der Waals surface area contributed by atoms with Gasteiger partial charge in [0.15, 0.2) is 0 Å². The standard InChI is InChI=1S/C16H23NO2/c1-18-16-6-4-12(5-7-16)13-9-15(10-13)17-14-3-2-8-19-11-14/h4-7,13-15,17H,2-3,8-11H2,1H3. The van der Waals surface area contributed by atoms with E-state index in [2.05, 4.69) is 29.6 Å². The molecule has 19 heavy (non-hydrogen) atoms. The first-order valence-electron chi connectivity index (χ1n) is 7.33. The number of nitrogens with one attached hydrogen (secondary N) is 1. The Kier molecular flexibility index (Phi) is 4.04. The zero-order chi connectivity index (χ0) is 13.1. The summed E-state index contributed by atoms with van der Waals surface area (Å²) in [5.41, 5.74) is 1.44. The number of methoxy groups -OCH3 is 1. The summed E-state index contributed by atoms with van der Waals surface area (Å²) in [6.45, 7) is 1.83. The summed E-state index contributed by atoms with van der Waals surface area (Å²) >= 11 is 0. The van der Waals surface area contributed by atoms with Gasteiger partial charge >= 0.3 is 0 Å². The summed E-state index contributed by atoms with van der Waals surface area (Å²) in [5.74, 6) is 1.66. The van der Waals surface area contributed by atoms with E-state index in [9.17, 15) is 0 Å². The van der Waals surface area contributed by atoms with Crippen molar-refractivity contribution >= 4 is 0 Å². The average molecular weight is 261 g/mol. The summed E-state index contributed by atoms with van der Waals surface area (Å²) in [6.07, 6.45) is 4.97. The lowest BCUT2D eigenvalue weighted by Gasteiger charge is -2.39. The molecule has 0 bridgehead atoms. The molecule has 1 atom stereocenters. The minimum Gasteiger partial charge on any atom is -0.497 e. The molecule has 0 spiro atoms. The van der Waals surface area contributed by atoms with Gasteiger partial charge in [-0.05, 0) is 49.3 Å². The van der Waals surface area contributed by atoms with Gasteiger partial charge < -0.3 is 14.8 Å². The monoisotopic (exact) mass is 261 g/mol. The maximum atomic E-state index is 5.51. The van der Waals surface area contributed by atoms with Gasteiger partial charge in [-0.25, -0.2) is 0 Å². The third-order valence-corrected chi connectivity index (χ3v) is 4.36. The van der Waals surface area contributed by atoms with Crippen LogP contribution >= 0.6 is 0 Å². The van der Waals surface area contributed by atoms with E-state index in [-0.39, 0.29) is 0 Å². The van der Waals surface area contributed by atoms with E-state index >= 15 is 0 Å². The van der Waals surface area contributed by atoms with Gasteiger partial charge in [-0.1, -0.05) is 12.1 Å². The highest BCUT2D eigenvalue weighted by Gasteiger charge is 2.31. The molecule has 2 fully saturated rings. The molecule has 0 amide bonds. The van der Waals surface area contributed by atoms with Gasteiger partial charge in [-0.3, -0.25) is 0 Å². The van der Waals surface area contributed by atoms with Crippen molar-refractivity contribution in [2.75, 3.05) is 20.3 Å². The van der Waals surface area contributed by atoms with E-state index < -0.39 is 0 Å². The second-order valence-corrected chi connectivity index (χ2v) is 5.72. The highest BCUT2D eigenvalue weighted by Crippen LogP contribution is 2.37. The number of ether oxygens (including phenoxy) is 2. The van der Waals surface area contributed by atoms with Crippen LogP contribution in [-0.4, -0.2) is 32.4 Å². The molecule has 104 valence electrons. The first-order valence-corrected chi connectivity index (χ1v) is 7.33. The Morgan fingerprint density at radius 3 is 2.58 bits per heavy atom. The Hall–Kier alpha value is -1.06. The van der Waals surface area contributed by atoms with E-state index in [0.717, 1.165) is 19.0 Å². The van der Waals surface area contributed by atoms with Gasteiger partial charge in [0.25, 0.3) is 0 Å². The van der Waals surface area contributed by atoms with Crippen LogP contribution in [0.5, 0.6) is 5.75 Å². The van der Waals surface area contributed by atoms with Gasteiger partial charge in [0.1, 0.15) is 5.75 Å². The Bertz CT molecular complexity index is 392. The van der Waals surface area contributed by atoms with E-state index in [1.165, 1.54) is 31.2 Å². The first-order chi connectivity index (χ1) is 9.35. The van der Waals surface area contributed by atoms with Crippen LogP contribution < -0.4 is 10.1 Å². The normalized spacial score (nSPS) is 30.7. The Labute approximate surface area is 115 Å². The van der Waals surface area contributed by atoms with E-state index in [1.807, 2.05) is 0 Å². The van der Waals surface area contributed by atoms with E-state index in [1.54, 1.807) is 7.11 Å². The quantitative estimate of drug-likeness (QED) is 0.904. The minimum absolute atomic E-state index is 0.579. The molecule has 0 radical (unpaired) electrons. The van der Waals surface area contributed by atoms with Crippen molar-refractivity contribution in [3.05, 3.63) is 29.8 Å². The van der Waals surface area contributed by atoms with Crippen molar-refractivity contribution in [2.45, 2.75) is 43.7 Å². The van der Waals surface area contributed by atoms with Crippen LogP contribution in [0.4, 0.5) is 0 Å². The largest absolute Gasteiger partial charge is 0.497 e. The minimum atomic E-state index is 0.579. The van der Waals surface area contributed by atoms with Gasteiger partial charge in [0.05, 0.1) is 13.7 Å². The third-order valence-electron chi connectivity index (χ3n) is 4.36. The molecule has 1 aliphatic carbocycles. The summed E-state index contributed by atoms with van der Waals surface area (Å²) in [5, 5.41) is 3.73. The van der Waals surface area contributed by atoms with Crippen LogP contribution in [0.1, 0.15) is 37.2 Å². The van der Waals surface area contributed by atoms with Crippen LogP contribution in [0, 0.1) is 0 Å². The smallest absolute Gasteiger partial charge is 0.118 e. The van der Waals surface area contributed by atoms with Crippen LogP contribution in [0.2, 0.25) is 0 Å². The predicted octanol–water partition coefficient (Wildman–Crippen LogP) is 2.71. The Morgan fingerprint density at radius 2 is 1.95 bits per heavy atom. The molecule has 3 rings (SSSR count). The molecule has 2 aliphatic rings. The Morgan fingerprint density at radius 1 is 1.16 bits per heavy atom. The van der Waals surface area contributed by atoms with Crippen molar-refractivity contribution in [3.63, 3.8) is 0 Å². The zero-order valence-corrected chi connectivity index (χ0v) is 11.6. The fraction of sp³-hybridized carbons (Fsp3) is 0.625. The SMILES string of the molecule is COc1ccc(C2CC(NC3CCCOC3)C2)cc1. The lowest BCUT2D eigenvalue weighted by atomic mass is 9.75. The van der Waals surface area contributed by atoms with Crippen LogP contribution in [0.15, 0.2) is 24.3 Å². The molecule has 3 nitrogen and oxygen atoms in total. The zero-order valence-electron chi connectivity index (χ0n) is 11.6. The lowest BCUT2D eigenvalue weighted by Crippen LogP contribution is -2.48. The number of benzene rings is 1. The van der Waals surface area contributed by atoms with Crippen molar-refractivity contribution in [2.24, 2.45) is 0 Å². The number of rotatable bonds is 4. The molecule has 1 saturated heterocycles. The molecule has 1 aliphatic heterocycles. The van der Waals surface area contributed by atoms with Gasteiger partial charge in [-0.2, -0.15) is 0 Å². The predicted molar refractivity (Wildman–Crippen MR) is 75.7 cm³/mol. The summed E-state index contributed by atoms with van der Waals surface area (Å²) < 4.78 is 10.7. The fourth-order valence-electron chi connectivity index (χ4n) is 3.11. The lowest BCUT2D eigenvalue weighted by molar-refractivity contribution is 0.0600. The number of hydrogen-bond donors (Lipinski definition) is 1. The molecule has 1 heterocycles. The van der Waals surface area contributed by atoms with Crippen molar-refractivity contribution in [3.8, 4) is 5.75 Å². The molecule has 0 aromatic heterocycles. The summed E-state index contributed by atoms with van der Waals surface area (Å²) in [6, 6.07) is 9.78. The molecule has 1 aromatic carbocycles. The average Bonchev–Trinajstić information content (AvgIpc) is 2.44. The first kappa shape index (κ1) is 12.9. The summed E-state index contributed by atoms with van der Waals surface area (Å²) in [4.78, 5) is 0. The maximum Gasteiger partial charge on any atom is 0.118 e. The molecule has 3 heteroatoms. The van der Waals surface area contributed by atoms with Crippen molar-refractivity contribution < 1.29 is 9.47 Å². The van der Waals surface area contributed by atoms with Gasteiger partial charge in [-0.15, -0.1) is 0 Å². The van der Waals surface area contributed by atoms with Crippen LogP contribution in [0.25, 0.3) is 0 Å². The third kappa shape index (κ3) is 3.10. The molecular formula is C16H23NO2. The topological polar surface area (TPSA) is 30.5 Å². The van der Waals surface area contributed by atoms with Crippen LogP contribution in [-0.2, 0) is 4.74 Å². The molecule has 1 N–H and O–H groups in total. The van der Waals surface area contributed by atoms with Gasteiger partial charge in [0, 0.05) is 18.7 Å². The van der Waals surface area contributed by atoms with Crippen molar-refractivity contribution in [1.29, 1.82) is 0 Å². The second kappa shape index (κ2) is 5.93. The number of hydrogen-bond acceptors (Lipinski definition) is 3. The van der Waals surface area contributed by atoms with E-state index in [4.69, 9.17) is 9.47 Å². The summed E-state index contributed by atoms with van der Waals surface area (Å²) in [7, 11) is 1.71. The molecular weight excluding hydrogens is 238 g/mol. The van der Waals surface area contributed by atoms with Crippen LogP contribution in [0.3, 0.4) is 0 Å². The van der Waals surface area contributed by atoms with Gasteiger partial charge in [0.2, 0.25) is 0 Å². The van der Waals surface area contributed by atoms with Crippen molar-refractivity contribution in [1.82, 2.24) is 5.32 Å². The van der Waals surface area contributed by atoms with E-state index in [0.29, 0.717) is 18.0 Å².